The average Bonchev–Trinajstić information content (AvgIpc) is 3.25. The van der Waals surface area contributed by atoms with Crippen molar-refractivity contribution in [1.29, 1.82) is 0 Å². The van der Waals surface area contributed by atoms with E-state index < -0.39 is 23.1 Å². The number of hydrogen-bond donors (Lipinski definition) is 0. The average molecular weight is 376 g/mol. The van der Waals surface area contributed by atoms with E-state index >= 15 is 0 Å². The molecule has 0 bridgehead atoms. The minimum Gasteiger partial charge on any atom is -0.339 e. The second-order valence-electron chi connectivity index (χ2n) is 6.68. The first-order valence-electron chi connectivity index (χ1n) is 8.61. The van der Waals surface area contributed by atoms with Gasteiger partial charge in [-0.05, 0) is 30.0 Å². The number of carbonyl (C=O) groups excluding carboxylic acids is 2. The Bertz CT molecular complexity index is 812. The van der Waals surface area contributed by atoms with Crippen LogP contribution in [0, 0.1) is 17.6 Å². The van der Waals surface area contributed by atoms with Crippen LogP contribution in [0.15, 0.2) is 35.7 Å². The van der Waals surface area contributed by atoms with Crippen LogP contribution in [-0.4, -0.2) is 47.8 Å². The Kier molecular flexibility index (Phi) is 4.48. The lowest BCUT2D eigenvalue weighted by atomic mass is 10.1. The number of rotatable bonds is 3. The molecule has 1 aromatic heterocycles. The van der Waals surface area contributed by atoms with Gasteiger partial charge in [0.2, 0.25) is 5.91 Å². The van der Waals surface area contributed by atoms with Crippen LogP contribution in [0.1, 0.15) is 27.6 Å². The standard InChI is InChI=1S/C19H18F2N2O2S/c20-14-3-1-4-15(21)17(14)19(25)23-8-6-22(7-9-23)18(24)13-11-12(13)16-5-2-10-26-16/h1-5,10,12-13H,6-9,11H2/t12-,13-/m1/s1. The van der Waals surface area contributed by atoms with Gasteiger partial charge in [-0.2, -0.15) is 0 Å². The quantitative estimate of drug-likeness (QED) is 0.826. The van der Waals surface area contributed by atoms with Gasteiger partial charge in [-0.3, -0.25) is 9.59 Å². The molecule has 1 aliphatic heterocycles. The Morgan fingerprint density at radius 2 is 1.62 bits per heavy atom. The molecule has 0 N–H and O–H groups in total. The van der Waals surface area contributed by atoms with E-state index in [2.05, 4.69) is 6.07 Å². The third kappa shape index (κ3) is 3.11. The molecule has 1 saturated heterocycles. The van der Waals surface area contributed by atoms with Gasteiger partial charge in [0.05, 0.1) is 0 Å². The normalized spacial score (nSPS) is 22.4. The molecule has 1 aromatic carbocycles. The Morgan fingerprint density at radius 1 is 0.962 bits per heavy atom. The molecule has 2 fully saturated rings. The van der Waals surface area contributed by atoms with Crippen molar-refractivity contribution >= 4 is 23.2 Å². The molecule has 2 atom stereocenters. The Morgan fingerprint density at radius 3 is 2.23 bits per heavy atom. The first-order chi connectivity index (χ1) is 12.6. The SMILES string of the molecule is O=C(c1c(F)cccc1F)N1CCN(C(=O)[C@@H]2C[C@H]2c2cccs2)CC1. The molecule has 2 aliphatic rings. The number of amides is 2. The summed E-state index contributed by atoms with van der Waals surface area (Å²) >= 11 is 1.67. The molecule has 0 radical (unpaired) electrons. The van der Waals surface area contributed by atoms with Crippen LogP contribution < -0.4 is 0 Å². The Labute approximate surface area is 154 Å². The third-order valence-electron chi connectivity index (χ3n) is 5.07. The van der Waals surface area contributed by atoms with Gasteiger partial charge in [0.15, 0.2) is 0 Å². The summed E-state index contributed by atoms with van der Waals surface area (Å²) in [5, 5.41) is 2.02. The van der Waals surface area contributed by atoms with Crippen molar-refractivity contribution in [3.63, 3.8) is 0 Å². The summed E-state index contributed by atoms with van der Waals surface area (Å²) < 4.78 is 27.6. The van der Waals surface area contributed by atoms with Crippen molar-refractivity contribution in [2.24, 2.45) is 5.92 Å². The van der Waals surface area contributed by atoms with Crippen LogP contribution in [0.5, 0.6) is 0 Å². The van der Waals surface area contributed by atoms with Gasteiger partial charge < -0.3 is 9.80 Å². The smallest absolute Gasteiger partial charge is 0.259 e. The number of piperazine rings is 1. The number of thiophene rings is 1. The molecule has 4 nitrogen and oxygen atoms in total. The van der Waals surface area contributed by atoms with E-state index in [4.69, 9.17) is 0 Å². The fraction of sp³-hybridized carbons (Fsp3) is 0.368. The van der Waals surface area contributed by atoms with E-state index in [9.17, 15) is 18.4 Å². The third-order valence-corrected chi connectivity index (χ3v) is 6.08. The molecule has 0 spiro atoms. The van der Waals surface area contributed by atoms with Gasteiger partial charge in [-0.25, -0.2) is 8.78 Å². The van der Waals surface area contributed by atoms with Gasteiger partial charge in [0.1, 0.15) is 17.2 Å². The van der Waals surface area contributed by atoms with Gasteiger partial charge in [-0.1, -0.05) is 12.1 Å². The molecule has 2 heterocycles. The minimum atomic E-state index is -0.856. The van der Waals surface area contributed by atoms with Crippen LogP contribution in [0.4, 0.5) is 8.78 Å². The fourth-order valence-corrected chi connectivity index (χ4v) is 4.42. The number of carbonyl (C=O) groups is 2. The summed E-state index contributed by atoms with van der Waals surface area (Å²) in [6, 6.07) is 7.44. The fourth-order valence-electron chi connectivity index (χ4n) is 3.51. The summed E-state index contributed by atoms with van der Waals surface area (Å²) in [5.74, 6) is -1.91. The molecule has 0 unspecified atom stereocenters. The van der Waals surface area contributed by atoms with Crippen LogP contribution in [0.25, 0.3) is 0 Å². The zero-order chi connectivity index (χ0) is 18.3. The highest BCUT2D eigenvalue weighted by Gasteiger charge is 2.46. The summed E-state index contributed by atoms with van der Waals surface area (Å²) in [4.78, 5) is 29.5. The van der Waals surface area contributed by atoms with Crippen molar-refractivity contribution in [3.05, 3.63) is 57.8 Å². The second-order valence-corrected chi connectivity index (χ2v) is 7.66. The maximum absolute atomic E-state index is 13.8. The van der Waals surface area contributed by atoms with Crippen LogP contribution in [0.3, 0.4) is 0 Å². The molecule has 2 amide bonds. The molecule has 26 heavy (non-hydrogen) atoms. The van der Waals surface area contributed by atoms with Gasteiger partial charge >= 0.3 is 0 Å². The highest BCUT2D eigenvalue weighted by Crippen LogP contribution is 2.50. The molecular formula is C19H18F2N2O2S. The lowest BCUT2D eigenvalue weighted by Gasteiger charge is -2.35. The van der Waals surface area contributed by atoms with Crippen molar-refractivity contribution in [1.82, 2.24) is 9.80 Å². The Hall–Kier alpha value is -2.28. The summed E-state index contributed by atoms with van der Waals surface area (Å²) in [6.07, 6.45) is 0.874. The van der Waals surface area contributed by atoms with Crippen LogP contribution in [0.2, 0.25) is 0 Å². The first kappa shape index (κ1) is 17.1. The highest BCUT2D eigenvalue weighted by molar-refractivity contribution is 7.10. The number of nitrogens with zero attached hydrogens (tertiary/aromatic N) is 2. The highest BCUT2D eigenvalue weighted by atomic mass is 32.1. The summed E-state index contributed by atoms with van der Waals surface area (Å²) in [5.41, 5.74) is -0.521. The van der Waals surface area contributed by atoms with E-state index in [-0.39, 0.29) is 24.9 Å². The van der Waals surface area contributed by atoms with Crippen LogP contribution >= 0.6 is 11.3 Å². The second kappa shape index (κ2) is 6.79. The minimum absolute atomic E-state index is 0.0277. The number of hydrogen-bond acceptors (Lipinski definition) is 3. The first-order valence-corrected chi connectivity index (χ1v) is 9.49. The van der Waals surface area contributed by atoms with Crippen LogP contribution in [-0.2, 0) is 4.79 Å². The van der Waals surface area contributed by atoms with Gasteiger partial charge in [0.25, 0.3) is 5.91 Å². The van der Waals surface area contributed by atoms with Crippen molar-refractivity contribution in [2.45, 2.75) is 12.3 Å². The van der Waals surface area contributed by atoms with E-state index in [0.29, 0.717) is 19.0 Å². The van der Waals surface area contributed by atoms with E-state index in [1.54, 1.807) is 16.2 Å². The molecule has 1 aliphatic carbocycles. The van der Waals surface area contributed by atoms with Crippen molar-refractivity contribution in [3.8, 4) is 0 Å². The van der Waals surface area contributed by atoms with Gasteiger partial charge in [0, 0.05) is 42.9 Å². The summed E-state index contributed by atoms with van der Waals surface area (Å²) in [6.45, 7) is 1.37. The van der Waals surface area contributed by atoms with Crippen molar-refractivity contribution in [2.75, 3.05) is 26.2 Å². The predicted molar refractivity (Wildman–Crippen MR) is 94.0 cm³/mol. The Balaban J connectivity index is 1.36. The topological polar surface area (TPSA) is 40.6 Å². The van der Waals surface area contributed by atoms with Crippen molar-refractivity contribution < 1.29 is 18.4 Å². The number of benzene rings is 1. The zero-order valence-electron chi connectivity index (χ0n) is 14.0. The van der Waals surface area contributed by atoms with E-state index in [1.165, 1.54) is 15.8 Å². The van der Waals surface area contributed by atoms with Gasteiger partial charge in [-0.15, -0.1) is 11.3 Å². The molecule has 4 rings (SSSR count). The lowest BCUT2D eigenvalue weighted by Crippen LogP contribution is -2.51. The molecule has 1 saturated carbocycles. The molecule has 7 heteroatoms. The monoisotopic (exact) mass is 376 g/mol. The summed E-state index contributed by atoms with van der Waals surface area (Å²) in [7, 11) is 0. The maximum atomic E-state index is 13.8. The molecule has 2 aromatic rings. The largest absolute Gasteiger partial charge is 0.339 e. The predicted octanol–water partition coefficient (Wildman–Crippen LogP) is 3.11. The molecular weight excluding hydrogens is 358 g/mol. The van der Waals surface area contributed by atoms with E-state index in [0.717, 1.165) is 18.6 Å². The molecule has 136 valence electrons. The van der Waals surface area contributed by atoms with E-state index in [1.807, 2.05) is 11.4 Å². The zero-order valence-corrected chi connectivity index (χ0v) is 14.8. The lowest BCUT2D eigenvalue weighted by molar-refractivity contribution is -0.134. The maximum Gasteiger partial charge on any atom is 0.259 e. The number of halogens is 2.